The molecule has 1 heterocycles. The third-order valence-corrected chi connectivity index (χ3v) is 2.87. The fourth-order valence-electron chi connectivity index (χ4n) is 1.99. The molecule has 0 aliphatic carbocycles. The molecule has 0 saturated carbocycles. The number of rotatable bonds is 6. The van der Waals surface area contributed by atoms with Crippen molar-refractivity contribution >= 4 is 0 Å². The first-order chi connectivity index (χ1) is 7.20. The molecule has 3 N–H and O–H groups in total. The van der Waals surface area contributed by atoms with Crippen LogP contribution < -0.4 is 5.73 Å². The van der Waals surface area contributed by atoms with Crippen molar-refractivity contribution in [2.45, 2.75) is 39.7 Å². The van der Waals surface area contributed by atoms with E-state index in [2.05, 4.69) is 24.5 Å². The van der Waals surface area contributed by atoms with Crippen molar-refractivity contribution in [3.05, 3.63) is 23.0 Å². The summed E-state index contributed by atoms with van der Waals surface area (Å²) in [6, 6.07) is 2.24. The molecular weight excluding hydrogens is 188 g/mol. The maximum atomic E-state index is 8.83. The number of aliphatic hydroxyl groups is 1. The molecular formula is C12H22N2O. The highest BCUT2D eigenvalue weighted by molar-refractivity contribution is 5.26. The van der Waals surface area contributed by atoms with E-state index in [1.165, 1.54) is 17.0 Å². The highest BCUT2D eigenvalue weighted by atomic mass is 16.3. The molecule has 1 rings (SSSR count). The lowest BCUT2D eigenvalue weighted by Crippen LogP contribution is -2.05. The van der Waals surface area contributed by atoms with Gasteiger partial charge in [0.2, 0.25) is 0 Å². The molecule has 0 unspecified atom stereocenters. The lowest BCUT2D eigenvalue weighted by Gasteiger charge is -2.08. The van der Waals surface area contributed by atoms with Crippen molar-refractivity contribution in [3.63, 3.8) is 0 Å². The number of aryl methyl sites for hydroxylation is 2. The lowest BCUT2D eigenvalue weighted by molar-refractivity contribution is 0.279. The van der Waals surface area contributed by atoms with Gasteiger partial charge >= 0.3 is 0 Å². The lowest BCUT2D eigenvalue weighted by atomic mass is 10.1. The first-order valence-electron chi connectivity index (χ1n) is 5.67. The second kappa shape index (κ2) is 5.93. The number of aromatic nitrogens is 1. The van der Waals surface area contributed by atoms with E-state index in [1.807, 2.05) is 0 Å². The van der Waals surface area contributed by atoms with Crippen molar-refractivity contribution in [3.8, 4) is 0 Å². The van der Waals surface area contributed by atoms with Gasteiger partial charge in [-0.15, -0.1) is 0 Å². The maximum absolute atomic E-state index is 8.83. The van der Waals surface area contributed by atoms with E-state index in [9.17, 15) is 0 Å². The molecule has 0 aromatic carbocycles. The SMILES string of the molecule is Cc1cc(CCCN)c(C)n1CCCO. The van der Waals surface area contributed by atoms with Gasteiger partial charge in [-0.3, -0.25) is 0 Å². The molecule has 86 valence electrons. The standard InChI is InChI=1S/C12H22N2O/c1-10-9-12(5-3-6-13)11(2)14(10)7-4-8-15/h9,15H,3-8,13H2,1-2H3. The average molecular weight is 210 g/mol. The fourth-order valence-corrected chi connectivity index (χ4v) is 1.99. The Kier molecular flexibility index (Phi) is 4.85. The maximum Gasteiger partial charge on any atom is 0.0448 e. The Balaban J connectivity index is 2.74. The molecule has 1 aromatic heterocycles. The van der Waals surface area contributed by atoms with Crippen LogP contribution in [0.25, 0.3) is 0 Å². The van der Waals surface area contributed by atoms with Gasteiger partial charge in [-0.1, -0.05) is 0 Å². The summed E-state index contributed by atoms with van der Waals surface area (Å²) in [4.78, 5) is 0. The number of aliphatic hydroxyl groups excluding tert-OH is 1. The molecule has 0 atom stereocenters. The zero-order valence-corrected chi connectivity index (χ0v) is 9.79. The Bertz CT molecular complexity index is 305. The second-order valence-electron chi connectivity index (χ2n) is 4.02. The van der Waals surface area contributed by atoms with Gasteiger partial charge in [0.15, 0.2) is 0 Å². The van der Waals surface area contributed by atoms with Crippen LogP contribution in [0.1, 0.15) is 29.8 Å². The van der Waals surface area contributed by atoms with Gasteiger partial charge in [0, 0.05) is 24.5 Å². The topological polar surface area (TPSA) is 51.2 Å². The van der Waals surface area contributed by atoms with Gasteiger partial charge in [-0.05, 0) is 51.3 Å². The minimum atomic E-state index is 0.259. The highest BCUT2D eigenvalue weighted by Crippen LogP contribution is 2.16. The number of hydrogen-bond acceptors (Lipinski definition) is 2. The van der Waals surface area contributed by atoms with Gasteiger partial charge in [0.05, 0.1) is 0 Å². The molecule has 0 saturated heterocycles. The van der Waals surface area contributed by atoms with Crippen molar-refractivity contribution in [2.75, 3.05) is 13.2 Å². The van der Waals surface area contributed by atoms with E-state index in [0.29, 0.717) is 0 Å². The zero-order valence-electron chi connectivity index (χ0n) is 9.79. The molecule has 0 bridgehead atoms. The van der Waals surface area contributed by atoms with Crippen LogP contribution in [-0.4, -0.2) is 22.8 Å². The summed E-state index contributed by atoms with van der Waals surface area (Å²) in [6.45, 7) is 6.19. The minimum Gasteiger partial charge on any atom is -0.396 e. The van der Waals surface area contributed by atoms with E-state index < -0.39 is 0 Å². The smallest absolute Gasteiger partial charge is 0.0448 e. The summed E-state index contributed by atoms with van der Waals surface area (Å²) in [6.07, 6.45) is 2.94. The summed E-state index contributed by atoms with van der Waals surface area (Å²) < 4.78 is 2.28. The Morgan fingerprint density at radius 2 is 2.07 bits per heavy atom. The van der Waals surface area contributed by atoms with E-state index in [-0.39, 0.29) is 6.61 Å². The zero-order chi connectivity index (χ0) is 11.3. The summed E-state index contributed by atoms with van der Waals surface area (Å²) in [7, 11) is 0. The Hall–Kier alpha value is -0.800. The van der Waals surface area contributed by atoms with Crippen LogP contribution in [0.2, 0.25) is 0 Å². The molecule has 1 aromatic rings. The summed E-state index contributed by atoms with van der Waals surface area (Å²) in [5.41, 5.74) is 9.52. The summed E-state index contributed by atoms with van der Waals surface area (Å²) >= 11 is 0. The Morgan fingerprint density at radius 1 is 1.33 bits per heavy atom. The van der Waals surface area contributed by atoms with Crippen molar-refractivity contribution in [1.82, 2.24) is 4.57 Å². The predicted molar refractivity (Wildman–Crippen MR) is 63.0 cm³/mol. The third-order valence-electron chi connectivity index (χ3n) is 2.87. The molecule has 3 heteroatoms. The predicted octanol–water partition coefficient (Wildman–Crippen LogP) is 1.38. The van der Waals surface area contributed by atoms with Gasteiger partial charge in [-0.2, -0.15) is 0 Å². The normalized spacial score (nSPS) is 10.9. The molecule has 0 fully saturated rings. The van der Waals surface area contributed by atoms with Crippen molar-refractivity contribution < 1.29 is 5.11 Å². The highest BCUT2D eigenvalue weighted by Gasteiger charge is 2.07. The second-order valence-corrected chi connectivity index (χ2v) is 4.02. The van der Waals surface area contributed by atoms with Crippen LogP contribution in [0.3, 0.4) is 0 Å². The van der Waals surface area contributed by atoms with E-state index >= 15 is 0 Å². The number of hydrogen-bond donors (Lipinski definition) is 2. The molecule has 0 radical (unpaired) electrons. The molecule has 0 aliphatic heterocycles. The molecule has 3 nitrogen and oxygen atoms in total. The first-order valence-corrected chi connectivity index (χ1v) is 5.67. The van der Waals surface area contributed by atoms with Gasteiger partial charge in [0.25, 0.3) is 0 Å². The van der Waals surface area contributed by atoms with Crippen molar-refractivity contribution in [1.29, 1.82) is 0 Å². The van der Waals surface area contributed by atoms with Crippen LogP contribution in [-0.2, 0) is 13.0 Å². The van der Waals surface area contributed by atoms with Gasteiger partial charge in [-0.25, -0.2) is 0 Å². The van der Waals surface area contributed by atoms with E-state index in [1.54, 1.807) is 0 Å². The van der Waals surface area contributed by atoms with Gasteiger partial charge < -0.3 is 15.4 Å². The van der Waals surface area contributed by atoms with Crippen LogP contribution in [0.15, 0.2) is 6.07 Å². The van der Waals surface area contributed by atoms with Crippen LogP contribution in [0.5, 0.6) is 0 Å². The van der Waals surface area contributed by atoms with E-state index in [0.717, 1.165) is 32.4 Å². The van der Waals surface area contributed by atoms with Gasteiger partial charge in [0.1, 0.15) is 0 Å². The molecule has 0 spiro atoms. The third kappa shape index (κ3) is 3.08. The molecule has 15 heavy (non-hydrogen) atoms. The Morgan fingerprint density at radius 3 is 2.67 bits per heavy atom. The Labute approximate surface area is 91.9 Å². The fraction of sp³-hybridized carbons (Fsp3) is 0.667. The summed E-state index contributed by atoms with van der Waals surface area (Å²) in [5.74, 6) is 0. The number of nitrogens with zero attached hydrogens (tertiary/aromatic N) is 1. The quantitative estimate of drug-likeness (QED) is 0.745. The molecule has 0 aliphatic rings. The van der Waals surface area contributed by atoms with Crippen LogP contribution in [0, 0.1) is 13.8 Å². The number of nitrogens with two attached hydrogens (primary N) is 1. The largest absolute Gasteiger partial charge is 0.396 e. The van der Waals surface area contributed by atoms with Crippen LogP contribution >= 0.6 is 0 Å². The summed E-state index contributed by atoms with van der Waals surface area (Å²) in [5, 5.41) is 8.83. The molecule has 0 amide bonds. The van der Waals surface area contributed by atoms with Crippen molar-refractivity contribution in [2.24, 2.45) is 5.73 Å². The van der Waals surface area contributed by atoms with Crippen LogP contribution in [0.4, 0.5) is 0 Å². The first kappa shape index (κ1) is 12.3. The monoisotopic (exact) mass is 210 g/mol. The van der Waals surface area contributed by atoms with E-state index in [4.69, 9.17) is 10.8 Å². The average Bonchev–Trinajstić information content (AvgIpc) is 2.49. The minimum absolute atomic E-state index is 0.259.